The van der Waals surface area contributed by atoms with E-state index in [4.69, 9.17) is 0 Å². The predicted molar refractivity (Wildman–Crippen MR) is 87.9 cm³/mol. The Bertz CT molecular complexity index is 902. The number of aliphatic hydroxyl groups is 1. The highest BCUT2D eigenvalue weighted by atomic mass is 19.4. The summed E-state index contributed by atoms with van der Waals surface area (Å²) in [6, 6.07) is 8.20. The van der Waals surface area contributed by atoms with Crippen LogP contribution in [0.15, 0.2) is 47.5 Å². The maximum atomic E-state index is 14.0. The summed E-state index contributed by atoms with van der Waals surface area (Å²) in [5, 5.41) is 10.7. The van der Waals surface area contributed by atoms with Crippen molar-refractivity contribution in [3.63, 3.8) is 0 Å². The normalized spacial score (nSPS) is 20.3. The van der Waals surface area contributed by atoms with Gasteiger partial charge in [-0.1, -0.05) is 29.3 Å². The Kier molecular flexibility index (Phi) is 4.26. The molecule has 0 spiro atoms. The lowest BCUT2D eigenvalue weighted by molar-refractivity contribution is -0.263. The molecule has 0 saturated heterocycles. The molecule has 0 fully saturated rings. The average molecular weight is 388 g/mol. The first-order valence-electron chi connectivity index (χ1n) is 7.78. The van der Waals surface area contributed by atoms with Crippen molar-refractivity contribution in [3.8, 4) is 0 Å². The Hall–Kier alpha value is -2.55. The summed E-state index contributed by atoms with van der Waals surface area (Å²) in [4.78, 5) is 3.20. The number of nitrogens with zero attached hydrogens (tertiary/aromatic N) is 2. The van der Waals surface area contributed by atoms with E-state index in [2.05, 4.69) is 4.99 Å². The van der Waals surface area contributed by atoms with Crippen LogP contribution in [0, 0.1) is 13.8 Å². The lowest BCUT2D eigenvalue weighted by Gasteiger charge is -2.45. The van der Waals surface area contributed by atoms with Crippen LogP contribution in [0.2, 0.25) is 0 Å². The van der Waals surface area contributed by atoms with Crippen LogP contribution in [-0.4, -0.2) is 23.3 Å². The first kappa shape index (κ1) is 19.2. The highest BCUT2D eigenvalue weighted by Crippen LogP contribution is 2.51. The minimum absolute atomic E-state index is 0.200. The minimum atomic E-state index is -5.44. The summed E-state index contributed by atoms with van der Waals surface area (Å²) in [5.74, 6) is -1.84. The van der Waals surface area contributed by atoms with Gasteiger partial charge >= 0.3 is 12.4 Å². The molecule has 1 unspecified atom stereocenters. The van der Waals surface area contributed by atoms with Crippen molar-refractivity contribution in [1.82, 2.24) is 0 Å². The zero-order valence-electron chi connectivity index (χ0n) is 14.2. The van der Waals surface area contributed by atoms with Gasteiger partial charge in [0.1, 0.15) is 0 Å². The molecule has 0 radical (unpaired) electrons. The third-order valence-corrected chi connectivity index (χ3v) is 4.23. The van der Waals surface area contributed by atoms with Crippen molar-refractivity contribution in [1.29, 1.82) is 0 Å². The van der Waals surface area contributed by atoms with Gasteiger partial charge in [-0.05, 0) is 38.1 Å². The first-order valence-corrected chi connectivity index (χ1v) is 7.78. The second-order valence-electron chi connectivity index (χ2n) is 6.29. The summed E-state index contributed by atoms with van der Waals surface area (Å²) in [6.07, 6.45) is -10.7. The standard InChI is InChI=1S/C18H14F6N2O/c1-10-3-6-12(7-4-10)26-15(17(19,20)21)25-14-8-5-11(2)9-13(14)16(26,27)18(22,23)24/h3-9,27H,1-2H3. The van der Waals surface area contributed by atoms with E-state index in [0.29, 0.717) is 11.1 Å². The number of aryl methyl sites for hydroxylation is 2. The third kappa shape index (κ3) is 3.05. The number of amidine groups is 1. The van der Waals surface area contributed by atoms with Crippen LogP contribution < -0.4 is 4.90 Å². The van der Waals surface area contributed by atoms with Crippen LogP contribution in [0.5, 0.6) is 0 Å². The largest absolute Gasteiger partial charge is 0.449 e. The predicted octanol–water partition coefficient (Wildman–Crippen LogP) is 5.12. The highest BCUT2D eigenvalue weighted by molar-refractivity contribution is 6.06. The van der Waals surface area contributed by atoms with E-state index in [0.717, 1.165) is 24.3 Å². The highest BCUT2D eigenvalue weighted by Gasteiger charge is 2.65. The molecule has 2 aromatic carbocycles. The van der Waals surface area contributed by atoms with Crippen LogP contribution in [0.25, 0.3) is 0 Å². The molecule has 0 aliphatic carbocycles. The van der Waals surface area contributed by atoms with Crippen LogP contribution in [-0.2, 0) is 5.72 Å². The zero-order valence-corrected chi connectivity index (χ0v) is 14.2. The molecule has 1 atom stereocenters. The van der Waals surface area contributed by atoms with E-state index >= 15 is 0 Å². The molecular formula is C18H14F6N2O. The summed E-state index contributed by atoms with van der Waals surface area (Å²) in [6.45, 7) is 3.10. The van der Waals surface area contributed by atoms with Gasteiger partial charge in [0.15, 0.2) is 0 Å². The fraction of sp³-hybridized carbons (Fsp3) is 0.278. The smallest absolute Gasteiger partial charge is 0.359 e. The van der Waals surface area contributed by atoms with Gasteiger partial charge in [0, 0.05) is 11.3 Å². The summed E-state index contributed by atoms with van der Waals surface area (Å²) >= 11 is 0. The van der Waals surface area contributed by atoms with E-state index in [-0.39, 0.29) is 4.90 Å². The molecule has 1 N–H and O–H groups in total. The van der Waals surface area contributed by atoms with Crippen molar-refractivity contribution < 1.29 is 31.4 Å². The Morgan fingerprint density at radius 1 is 0.889 bits per heavy atom. The molecule has 0 amide bonds. The first-order chi connectivity index (χ1) is 12.4. The average Bonchev–Trinajstić information content (AvgIpc) is 2.54. The van der Waals surface area contributed by atoms with Crippen molar-refractivity contribution in [2.45, 2.75) is 31.9 Å². The van der Waals surface area contributed by atoms with Crippen molar-refractivity contribution >= 4 is 17.2 Å². The SMILES string of the molecule is Cc1ccc(N2C(C(F)(F)F)=Nc3ccc(C)cc3C2(O)C(F)(F)F)cc1. The minimum Gasteiger partial charge on any atom is -0.359 e. The molecule has 1 aliphatic rings. The van der Waals surface area contributed by atoms with E-state index < -0.39 is 40.9 Å². The molecule has 3 nitrogen and oxygen atoms in total. The number of alkyl halides is 6. The van der Waals surface area contributed by atoms with E-state index in [9.17, 15) is 31.4 Å². The van der Waals surface area contributed by atoms with E-state index in [1.54, 1.807) is 6.92 Å². The molecule has 0 aromatic heterocycles. The molecule has 9 heteroatoms. The van der Waals surface area contributed by atoms with Crippen LogP contribution in [0.1, 0.15) is 16.7 Å². The van der Waals surface area contributed by atoms with Gasteiger partial charge in [0.05, 0.1) is 5.69 Å². The molecule has 3 rings (SSSR count). The number of hydrogen-bond acceptors (Lipinski definition) is 3. The molecule has 0 saturated carbocycles. The number of anilines is 1. The van der Waals surface area contributed by atoms with Gasteiger partial charge in [0.25, 0.3) is 5.72 Å². The Morgan fingerprint density at radius 2 is 1.44 bits per heavy atom. The fourth-order valence-corrected chi connectivity index (χ4v) is 2.94. The maximum Gasteiger partial charge on any atom is 0.449 e. The topological polar surface area (TPSA) is 35.8 Å². The van der Waals surface area contributed by atoms with E-state index in [1.807, 2.05) is 0 Å². The zero-order chi connectivity index (χ0) is 20.2. The number of halogens is 6. The fourth-order valence-electron chi connectivity index (χ4n) is 2.94. The quantitative estimate of drug-likeness (QED) is 0.688. The summed E-state index contributed by atoms with van der Waals surface area (Å²) in [5.41, 5.74) is -4.79. The molecular weight excluding hydrogens is 374 g/mol. The van der Waals surface area contributed by atoms with Crippen LogP contribution in [0.4, 0.5) is 37.7 Å². The Labute approximate surface area is 150 Å². The van der Waals surface area contributed by atoms with E-state index in [1.165, 1.54) is 25.1 Å². The number of hydrogen-bond donors (Lipinski definition) is 1. The van der Waals surface area contributed by atoms with Crippen molar-refractivity contribution in [3.05, 3.63) is 59.2 Å². The Morgan fingerprint density at radius 3 is 1.96 bits per heavy atom. The van der Waals surface area contributed by atoms with Gasteiger partial charge < -0.3 is 5.11 Å². The second-order valence-corrected chi connectivity index (χ2v) is 6.29. The van der Waals surface area contributed by atoms with Crippen molar-refractivity contribution in [2.75, 3.05) is 4.90 Å². The number of benzene rings is 2. The maximum absolute atomic E-state index is 14.0. The molecule has 144 valence electrons. The molecule has 1 aliphatic heterocycles. The van der Waals surface area contributed by atoms with Gasteiger partial charge in [-0.15, -0.1) is 0 Å². The Balaban J connectivity index is 2.40. The number of fused-ring (bicyclic) bond motifs is 1. The molecule has 0 bridgehead atoms. The molecule has 2 aromatic rings. The molecule has 27 heavy (non-hydrogen) atoms. The third-order valence-electron chi connectivity index (χ3n) is 4.23. The van der Waals surface area contributed by atoms with Crippen LogP contribution >= 0.6 is 0 Å². The van der Waals surface area contributed by atoms with Crippen LogP contribution in [0.3, 0.4) is 0 Å². The second kappa shape index (κ2) is 5.98. The lowest BCUT2D eigenvalue weighted by atomic mass is 9.93. The van der Waals surface area contributed by atoms with Gasteiger partial charge in [-0.25, -0.2) is 4.99 Å². The van der Waals surface area contributed by atoms with Gasteiger partial charge in [-0.2, -0.15) is 26.3 Å². The molecule has 1 heterocycles. The lowest BCUT2D eigenvalue weighted by Crippen LogP contribution is -2.63. The number of aliphatic imine (C=N–C) groups is 1. The van der Waals surface area contributed by atoms with Crippen molar-refractivity contribution in [2.24, 2.45) is 4.99 Å². The van der Waals surface area contributed by atoms with Gasteiger partial charge in [0.2, 0.25) is 5.84 Å². The van der Waals surface area contributed by atoms with Gasteiger partial charge in [-0.3, -0.25) is 4.90 Å². The summed E-state index contributed by atoms with van der Waals surface area (Å²) < 4.78 is 82.8. The number of rotatable bonds is 1. The summed E-state index contributed by atoms with van der Waals surface area (Å²) in [7, 11) is 0. The monoisotopic (exact) mass is 388 g/mol.